The average Bonchev–Trinajstić information content (AvgIpc) is 2.52. The van der Waals surface area contributed by atoms with E-state index in [0.29, 0.717) is 23.6 Å². The van der Waals surface area contributed by atoms with Gasteiger partial charge in [0.15, 0.2) is 5.96 Å². The second-order valence-corrected chi connectivity index (χ2v) is 8.75. The molecule has 4 aliphatic rings. The molecule has 0 aromatic carbocycles. The number of ether oxygens (including phenoxy) is 1. The predicted molar refractivity (Wildman–Crippen MR) is 117 cm³/mol. The third-order valence-corrected chi connectivity index (χ3v) is 7.65. The average molecular weight is 476 g/mol. The van der Waals surface area contributed by atoms with Crippen LogP contribution in [0.2, 0.25) is 0 Å². The van der Waals surface area contributed by atoms with Crippen LogP contribution in [-0.2, 0) is 4.74 Å². The van der Waals surface area contributed by atoms with Crippen molar-refractivity contribution in [1.29, 1.82) is 0 Å². The summed E-state index contributed by atoms with van der Waals surface area (Å²) in [6.07, 6.45) is 12.2. The number of nitrogens with one attached hydrogen (secondary N) is 2. The number of hydrogen-bond acceptors (Lipinski definition) is 3. The van der Waals surface area contributed by atoms with E-state index < -0.39 is 0 Å². The van der Waals surface area contributed by atoms with Crippen LogP contribution in [-0.4, -0.2) is 61.8 Å². The molecule has 4 atom stereocenters. The number of piperidine rings is 2. The molecular formula is C20H37IN4O. The molecule has 6 heteroatoms. The summed E-state index contributed by atoms with van der Waals surface area (Å²) in [6, 6.07) is 2.62. The molecule has 0 radical (unpaired) electrons. The maximum atomic E-state index is 5.99. The number of rotatable bonds is 4. The molecule has 4 unspecified atom stereocenters. The minimum absolute atomic E-state index is 0. The molecule has 2 saturated carbocycles. The van der Waals surface area contributed by atoms with Crippen LogP contribution in [0.25, 0.3) is 0 Å². The van der Waals surface area contributed by atoms with Gasteiger partial charge in [-0.1, -0.05) is 12.8 Å². The zero-order valence-corrected chi connectivity index (χ0v) is 19.0. The molecule has 150 valence electrons. The van der Waals surface area contributed by atoms with E-state index in [2.05, 4.69) is 34.5 Å². The molecule has 2 saturated heterocycles. The maximum absolute atomic E-state index is 5.99. The van der Waals surface area contributed by atoms with Crippen LogP contribution < -0.4 is 10.6 Å². The lowest BCUT2D eigenvalue weighted by Gasteiger charge is -2.61. The number of hydrogen-bond donors (Lipinski definition) is 2. The molecule has 2 aliphatic carbocycles. The Morgan fingerprint density at radius 1 is 1.12 bits per heavy atom. The highest BCUT2D eigenvalue weighted by atomic mass is 127. The Hall–Kier alpha value is -0.0800. The van der Waals surface area contributed by atoms with Crippen LogP contribution in [0.1, 0.15) is 64.7 Å². The van der Waals surface area contributed by atoms with E-state index in [1.807, 2.05) is 7.05 Å². The first-order chi connectivity index (χ1) is 12.2. The standard InChI is InChI=1S/C20H36N4O.HI/c1-4-25-18-13-17(20(18)9-6-10-20)23-19(21-2)22-14-11-15-7-5-8-16(12-14)24(15)3;/h14-18H,4-13H2,1-3H3,(H2,21,22,23);1H. The van der Waals surface area contributed by atoms with Crippen molar-refractivity contribution in [3.63, 3.8) is 0 Å². The van der Waals surface area contributed by atoms with Gasteiger partial charge >= 0.3 is 0 Å². The van der Waals surface area contributed by atoms with Crippen LogP contribution in [0.15, 0.2) is 4.99 Å². The summed E-state index contributed by atoms with van der Waals surface area (Å²) in [5.74, 6) is 1.01. The van der Waals surface area contributed by atoms with Crippen molar-refractivity contribution in [1.82, 2.24) is 15.5 Å². The van der Waals surface area contributed by atoms with Gasteiger partial charge in [0.25, 0.3) is 0 Å². The number of fused-ring (bicyclic) bond motifs is 2. The SMILES string of the molecule is CCOC1CC(NC(=NC)NC2CC3CCCC(C2)N3C)C12CCC2.I. The van der Waals surface area contributed by atoms with Crippen LogP contribution >= 0.6 is 24.0 Å². The molecule has 2 N–H and O–H groups in total. The Morgan fingerprint density at radius 2 is 1.81 bits per heavy atom. The van der Waals surface area contributed by atoms with Gasteiger partial charge in [0.2, 0.25) is 0 Å². The second kappa shape index (κ2) is 8.52. The number of aliphatic imine (C=N–C) groups is 1. The monoisotopic (exact) mass is 476 g/mol. The first-order valence-corrected chi connectivity index (χ1v) is 10.5. The van der Waals surface area contributed by atoms with Crippen molar-refractivity contribution in [3.05, 3.63) is 0 Å². The fourth-order valence-electron chi connectivity index (χ4n) is 5.90. The van der Waals surface area contributed by atoms with Gasteiger partial charge in [0.1, 0.15) is 0 Å². The van der Waals surface area contributed by atoms with Gasteiger partial charge in [-0.15, -0.1) is 24.0 Å². The molecule has 2 heterocycles. The fourth-order valence-corrected chi connectivity index (χ4v) is 5.90. The van der Waals surface area contributed by atoms with Gasteiger partial charge in [-0.05, 0) is 58.9 Å². The summed E-state index contributed by atoms with van der Waals surface area (Å²) in [7, 11) is 4.23. The second-order valence-electron chi connectivity index (χ2n) is 8.75. The van der Waals surface area contributed by atoms with Gasteiger partial charge in [0.05, 0.1) is 6.10 Å². The molecule has 5 nitrogen and oxygen atoms in total. The lowest BCUT2D eigenvalue weighted by atomic mass is 9.51. The lowest BCUT2D eigenvalue weighted by Crippen LogP contribution is -2.69. The molecule has 0 aromatic rings. The minimum atomic E-state index is 0. The van der Waals surface area contributed by atoms with Crippen LogP contribution in [0.5, 0.6) is 0 Å². The zero-order valence-electron chi connectivity index (χ0n) is 16.7. The molecule has 2 aliphatic heterocycles. The van der Waals surface area contributed by atoms with E-state index in [4.69, 9.17) is 4.74 Å². The van der Waals surface area contributed by atoms with Crippen molar-refractivity contribution in [2.24, 2.45) is 10.4 Å². The fraction of sp³-hybridized carbons (Fsp3) is 0.950. The van der Waals surface area contributed by atoms with Gasteiger partial charge < -0.3 is 20.3 Å². The molecule has 0 amide bonds. The van der Waals surface area contributed by atoms with E-state index in [0.717, 1.165) is 31.1 Å². The van der Waals surface area contributed by atoms with E-state index in [9.17, 15) is 0 Å². The van der Waals surface area contributed by atoms with E-state index in [1.165, 1.54) is 51.4 Å². The molecule has 1 spiro atoms. The largest absolute Gasteiger partial charge is 0.378 e. The highest BCUT2D eigenvalue weighted by Crippen LogP contribution is 2.57. The molecular weight excluding hydrogens is 439 g/mol. The Kier molecular flexibility index (Phi) is 6.76. The highest BCUT2D eigenvalue weighted by Gasteiger charge is 2.59. The Balaban J connectivity index is 0.00000196. The third-order valence-electron chi connectivity index (χ3n) is 7.65. The minimum Gasteiger partial charge on any atom is -0.378 e. The van der Waals surface area contributed by atoms with Crippen LogP contribution in [0.3, 0.4) is 0 Å². The third kappa shape index (κ3) is 3.62. The highest BCUT2D eigenvalue weighted by molar-refractivity contribution is 14.0. The Labute approximate surface area is 176 Å². The van der Waals surface area contributed by atoms with Crippen LogP contribution in [0, 0.1) is 5.41 Å². The van der Waals surface area contributed by atoms with E-state index in [-0.39, 0.29) is 24.0 Å². The van der Waals surface area contributed by atoms with Crippen molar-refractivity contribution >= 4 is 29.9 Å². The summed E-state index contributed by atoms with van der Waals surface area (Å²) >= 11 is 0. The molecule has 0 aromatic heterocycles. The van der Waals surface area contributed by atoms with Gasteiger partial charge in [-0.3, -0.25) is 4.99 Å². The number of halogens is 1. The van der Waals surface area contributed by atoms with Crippen LogP contribution in [0.4, 0.5) is 0 Å². The summed E-state index contributed by atoms with van der Waals surface area (Å²) < 4.78 is 5.99. The van der Waals surface area contributed by atoms with Crippen molar-refractivity contribution in [2.75, 3.05) is 20.7 Å². The summed E-state index contributed by atoms with van der Waals surface area (Å²) in [5, 5.41) is 7.51. The van der Waals surface area contributed by atoms with Gasteiger partial charge in [0, 0.05) is 43.2 Å². The Bertz CT molecular complexity index is 496. The smallest absolute Gasteiger partial charge is 0.191 e. The summed E-state index contributed by atoms with van der Waals surface area (Å²) in [4.78, 5) is 7.18. The normalized spacial score (nSPS) is 38.7. The van der Waals surface area contributed by atoms with E-state index in [1.54, 1.807) is 0 Å². The summed E-state index contributed by atoms with van der Waals surface area (Å²) in [5.41, 5.74) is 0.386. The van der Waals surface area contributed by atoms with Gasteiger partial charge in [-0.25, -0.2) is 0 Å². The number of nitrogens with zero attached hydrogens (tertiary/aromatic N) is 2. The molecule has 2 bridgehead atoms. The lowest BCUT2D eigenvalue weighted by molar-refractivity contribution is -0.168. The number of guanidine groups is 1. The first kappa shape index (κ1) is 20.6. The first-order valence-electron chi connectivity index (χ1n) is 10.5. The van der Waals surface area contributed by atoms with Crippen molar-refractivity contribution in [3.8, 4) is 0 Å². The van der Waals surface area contributed by atoms with Crippen molar-refractivity contribution in [2.45, 2.75) is 95.0 Å². The zero-order chi connectivity index (χ0) is 17.4. The predicted octanol–water partition coefficient (Wildman–Crippen LogP) is 3.13. The quantitative estimate of drug-likeness (QED) is 0.372. The maximum Gasteiger partial charge on any atom is 0.191 e. The Morgan fingerprint density at radius 3 is 2.35 bits per heavy atom. The topological polar surface area (TPSA) is 48.9 Å². The molecule has 26 heavy (non-hydrogen) atoms. The molecule has 4 rings (SSSR count). The molecule has 4 fully saturated rings. The van der Waals surface area contributed by atoms with Gasteiger partial charge in [-0.2, -0.15) is 0 Å². The van der Waals surface area contributed by atoms with Crippen molar-refractivity contribution < 1.29 is 4.74 Å². The van der Waals surface area contributed by atoms with E-state index >= 15 is 0 Å². The summed E-state index contributed by atoms with van der Waals surface area (Å²) in [6.45, 7) is 2.95.